The summed E-state index contributed by atoms with van der Waals surface area (Å²) in [5.41, 5.74) is 0.0384. The zero-order chi connectivity index (χ0) is 13.7. The number of rotatable bonds is 4. The summed E-state index contributed by atoms with van der Waals surface area (Å²) in [6.45, 7) is 12.1. The van der Waals surface area contributed by atoms with Crippen molar-refractivity contribution < 1.29 is 4.74 Å². The predicted octanol–water partition coefficient (Wildman–Crippen LogP) is 2.66. The van der Waals surface area contributed by atoms with Crippen molar-refractivity contribution in [1.82, 2.24) is 10.2 Å². The summed E-state index contributed by atoms with van der Waals surface area (Å²) in [5, 5.41) is 3.73. The van der Waals surface area contributed by atoms with Crippen molar-refractivity contribution in [2.24, 2.45) is 5.92 Å². The number of hydrogen-bond donors (Lipinski definition) is 1. The van der Waals surface area contributed by atoms with Crippen molar-refractivity contribution in [3.05, 3.63) is 0 Å². The molecule has 1 saturated carbocycles. The average molecular weight is 268 g/mol. The Bertz CT molecular complexity index is 267. The maximum absolute atomic E-state index is 5.83. The maximum Gasteiger partial charge on any atom is 0.0753 e. The predicted molar refractivity (Wildman–Crippen MR) is 80.5 cm³/mol. The molecule has 1 heterocycles. The summed E-state index contributed by atoms with van der Waals surface area (Å²) in [6, 6.07) is 0.735. The van der Waals surface area contributed by atoms with Crippen molar-refractivity contribution in [2.75, 3.05) is 32.8 Å². The van der Waals surface area contributed by atoms with Gasteiger partial charge in [0, 0.05) is 25.7 Å². The second-order valence-corrected chi connectivity index (χ2v) is 6.91. The van der Waals surface area contributed by atoms with Gasteiger partial charge in [-0.15, -0.1) is 0 Å². The molecular formula is C16H32N2O. The van der Waals surface area contributed by atoms with Crippen molar-refractivity contribution >= 4 is 0 Å². The van der Waals surface area contributed by atoms with Gasteiger partial charge in [0.2, 0.25) is 0 Å². The van der Waals surface area contributed by atoms with E-state index in [2.05, 4.69) is 31.0 Å². The molecule has 2 aliphatic rings. The topological polar surface area (TPSA) is 24.5 Å². The Morgan fingerprint density at radius 2 is 2.00 bits per heavy atom. The number of nitrogens with zero attached hydrogens (tertiary/aromatic N) is 1. The lowest BCUT2D eigenvalue weighted by atomic mass is 9.93. The molecule has 0 spiro atoms. The summed E-state index contributed by atoms with van der Waals surface area (Å²) in [7, 11) is 0. The van der Waals surface area contributed by atoms with Gasteiger partial charge in [0.1, 0.15) is 0 Å². The quantitative estimate of drug-likeness (QED) is 0.793. The molecule has 0 bridgehead atoms. The van der Waals surface area contributed by atoms with E-state index < -0.39 is 0 Å². The summed E-state index contributed by atoms with van der Waals surface area (Å²) >= 11 is 0. The van der Waals surface area contributed by atoms with Gasteiger partial charge in [0.15, 0.2) is 0 Å². The Morgan fingerprint density at radius 1 is 1.21 bits per heavy atom. The number of ether oxygens (including phenoxy) is 1. The van der Waals surface area contributed by atoms with Gasteiger partial charge in [0.25, 0.3) is 0 Å². The lowest BCUT2D eigenvalue weighted by Crippen LogP contribution is -2.51. The van der Waals surface area contributed by atoms with Gasteiger partial charge in [-0.05, 0) is 39.2 Å². The minimum atomic E-state index is 0.0384. The Labute approximate surface area is 119 Å². The molecule has 1 aliphatic carbocycles. The second-order valence-electron chi connectivity index (χ2n) is 6.91. The van der Waals surface area contributed by atoms with Crippen molar-refractivity contribution in [1.29, 1.82) is 0 Å². The fraction of sp³-hybridized carbons (Fsp3) is 1.00. The van der Waals surface area contributed by atoms with E-state index in [1.807, 2.05) is 0 Å². The lowest BCUT2D eigenvalue weighted by Gasteiger charge is -2.40. The monoisotopic (exact) mass is 268 g/mol. The molecule has 112 valence electrons. The average Bonchev–Trinajstić information content (AvgIpc) is 2.55. The van der Waals surface area contributed by atoms with E-state index >= 15 is 0 Å². The minimum absolute atomic E-state index is 0.0384. The van der Waals surface area contributed by atoms with Crippen molar-refractivity contribution in [2.45, 2.75) is 64.5 Å². The summed E-state index contributed by atoms with van der Waals surface area (Å²) in [4.78, 5) is 2.63. The van der Waals surface area contributed by atoms with Gasteiger partial charge in [-0.2, -0.15) is 0 Å². The van der Waals surface area contributed by atoms with Crippen LogP contribution in [0.25, 0.3) is 0 Å². The van der Waals surface area contributed by atoms with Crippen LogP contribution in [0.2, 0.25) is 0 Å². The van der Waals surface area contributed by atoms with Crippen LogP contribution >= 0.6 is 0 Å². The SMILES string of the molecule is CCNC1CCCCCC1CN1CCOC(C)(C)C1. The second kappa shape index (κ2) is 7.05. The number of nitrogens with one attached hydrogen (secondary N) is 1. The van der Waals surface area contributed by atoms with Gasteiger partial charge in [-0.3, -0.25) is 4.90 Å². The summed E-state index contributed by atoms with van der Waals surface area (Å²) < 4.78 is 5.83. The van der Waals surface area contributed by atoms with E-state index in [1.54, 1.807) is 0 Å². The third-order valence-electron chi connectivity index (χ3n) is 4.62. The normalized spacial score (nSPS) is 33.0. The highest BCUT2D eigenvalue weighted by molar-refractivity contribution is 4.85. The molecule has 2 fully saturated rings. The van der Waals surface area contributed by atoms with Gasteiger partial charge in [0.05, 0.1) is 12.2 Å². The van der Waals surface area contributed by atoms with Crippen LogP contribution in [0.5, 0.6) is 0 Å². The van der Waals surface area contributed by atoms with Gasteiger partial charge >= 0.3 is 0 Å². The van der Waals surface area contributed by atoms with Crippen LogP contribution in [-0.4, -0.2) is 49.3 Å². The zero-order valence-corrected chi connectivity index (χ0v) is 13.1. The van der Waals surface area contributed by atoms with E-state index in [-0.39, 0.29) is 5.60 Å². The van der Waals surface area contributed by atoms with Crippen LogP contribution < -0.4 is 5.32 Å². The van der Waals surface area contributed by atoms with Crippen molar-refractivity contribution in [3.63, 3.8) is 0 Å². The smallest absolute Gasteiger partial charge is 0.0753 e. The highest BCUT2D eigenvalue weighted by Gasteiger charge is 2.31. The Kier molecular flexibility index (Phi) is 5.67. The standard InChI is InChI=1S/C16H32N2O/c1-4-17-15-9-7-5-6-8-14(15)12-18-10-11-19-16(2,3)13-18/h14-15,17H,4-13H2,1-3H3. The fourth-order valence-corrected chi connectivity index (χ4v) is 3.74. The lowest BCUT2D eigenvalue weighted by molar-refractivity contribution is -0.0900. The first kappa shape index (κ1) is 15.3. The molecule has 0 amide bonds. The first-order chi connectivity index (χ1) is 9.11. The van der Waals surface area contributed by atoms with Crippen molar-refractivity contribution in [3.8, 4) is 0 Å². The summed E-state index contributed by atoms with van der Waals surface area (Å²) in [6.07, 6.45) is 7.01. The molecule has 0 aromatic rings. The minimum Gasteiger partial charge on any atom is -0.373 e. The molecule has 1 aliphatic heterocycles. The van der Waals surface area contributed by atoms with E-state index in [0.717, 1.165) is 38.2 Å². The third-order valence-corrected chi connectivity index (χ3v) is 4.62. The first-order valence-electron chi connectivity index (χ1n) is 8.20. The first-order valence-corrected chi connectivity index (χ1v) is 8.20. The number of morpholine rings is 1. The number of hydrogen-bond acceptors (Lipinski definition) is 3. The largest absolute Gasteiger partial charge is 0.373 e. The molecule has 2 rings (SSSR count). The molecule has 2 atom stereocenters. The van der Waals surface area contributed by atoms with E-state index in [4.69, 9.17) is 4.74 Å². The van der Waals surface area contributed by atoms with E-state index in [9.17, 15) is 0 Å². The molecule has 1 saturated heterocycles. The Hall–Kier alpha value is -0.120. The molecular weight excluding hydrogens is 236 g/mol. The molecule has 3 nitrogen and oxygen atoms in total. The molecule has 1 N–H and O–H groups in total. The fourth-order valence-electron chi connectivity index (χ4n) is 3.74. The third kappa shape index (κ3) is 4.73. The van der Waals surface area contributed by atoms with Gasteiger partial charge in [-0.25, -0.2) is 0 Å². The summed E-state index contributed by atoms with van der Waals surface area (Å²) in [5.74, 6) is 0.830. The maximum atomic E-state index is 5.83. The zero-order valence-electron chi connectivity index (χ0n) is 13.1. The van der Waals surface area contributed by atoms with Crippen LogP contribution in [0.15, 0.2) is 0 Å². The molecule has 3 heteroatoms. The Morgan fingerprint density at radius 3 is 2.74 bits per heavy atom. The van der Waals surface area contributed by atoms with Gasteiger partial charge in [-0.1, -0.05) is 26.2 Å². The molecule has 0 aromatic carbocycles. The molecule has 19 heavy (non-hydrogen) atoms. The highest BCUT2D eigenvalue weighted by Crippen LogP contribution is 2.26. The van der Waals surface area contributed by atoms with E-state index in [1.165, 1.54) is 38.6 Å². The Balaban J connectivity index is 1.90. The van der Waals surface area contributed by atoms with Crippen LogP contribution in [0.1, 0.15) is 52.9 Å². The van der Waals surface area contributed by atoms with Crippen LogP contribution in [0.4, 0.5) is 0 Å². The van der Waals surface area contributed by atoms with E-state index in [0.29, 0.717) is 0 Å². The highest BCUT2D eigenvalue weighted by atomic mass is 16.5. The van der Waals surface area contributed by atoms with Crippen LogP contribution in [0, 0.1) is 5.92 Å². The molecule has 0 aromatic heterocycles. The van der Waals surface area contributed by atoms with Gasteiger partial charge < -0.3 is 10.1 Å². The van der Waals surface area contributed by atoms with Crippen LogP contribution in [0.3, 0.4) is 0 Å². The molecule has 2 unspecified atom stereocenters. The molecule has 0 radical (unpaired) electrons. The van der Waals surface area contributed by atoms with Crippen LogP contribution in [-0.2, 0) is 4.74 Å².